The molecule has 74 valence electrons. The molecule has 1 aromatic rings. The van der Waals surface area contributed by atoms with E-state index in [0.717, 1.165) is 25.4 Å². The minimum absolute atomic E-state index is 0.383. The maximum absolute atomic E-state index is 5.82. The number of ether oxygens (including phenoxy) is 1. The van der Waals surface area contributed by atoms with Gasteiger partial charge in [-0.3, -0.25) is 0 Å². The van der Waals surface area contributed by atoms with Gasteiger partial charge in [0.2, 0.25) is 0 Å². The van der Waals surface area contributed by atoms with E-state index in [9.17, 15) is 0 Å². The Morgan fingerprint density at radius 2 is 2.43 bits per heavy atom. The highest BCUT2D eigenvalue weighted by molar-refractivity contribution is 6.29. The van der Waals surface area contributed by atoms with Gasteiger partial charge in [-0.1, -0.05) is 11.6 Å². The molecule has 2 saturated heterocycles. The molecule has 3 rings (SSSR count). The Morgan fingerprint density at radius 1 is 1.50 bits per heavy atom. The summed E-state index contributed by atoms with van der Waals surface area (Å²) in [6.45, 7) is 1.74. The lowest BCUT2D eigenvalue weighted by Gasteiger charge is -2.27. The molecule has 0 spiro atoms. The summed E-state index contributed by atoms with van der Waals surface area (Å²) >= 11 is 5.82. The summed E-state index contributed by atoms with van der Waals surface area (Å²) < 4.78 is 5.52. The Labute approximate surface area is 86.9 Å². The van der Waals surface area contributed by atoms with Crippen molar-refractivity contribution in [2.24, 2.45) is 0 Å². The average molecular weight is 212 g/mol. The van der Waals surface area contributed by atoms with Crippen molar-refractivity contribution in [2.45, 2.75) is 18.6 Å². The molecular formula is C9H10ClN3O. The molecule has 0 aromatic carbocycles. The van der Waals surface area contributed by atoms with Gasteiger partial charge in [0.05, 0.1) is 18.8 Å². The van der Waals surface area contributed by atoms with Gasteiger partial charge in [-0.25, -0.2) is 9.97 Å². The molecule has 1 aromatic heterocycles. The molecule has 2 atom stereocenters. The molecule has 0 aliphatic carbocycles. The Balaban J connectivity index is 1.89. The third kappa shape index (κ3) is 1.26. The number of rotatable bonds is 1. The second-order valence-electron chi connectivity index (χ2n) is 3.70. The van der Waals surface area contributed by atoms with Crippen LogP contribution in [0, 0.1) is 0 Å². The molecule has 2 fully saturated rings. The monoisotopic (exact) mass is 211 g/mol. The first-order chi connectivity index (χ1) is 6.83. The Kier molecular flexibility index (Phi) is 1.85. The predicted molar refractivity (Wildman–Crippen MR) is 52.5 cm³/mol. The number of morpholine rings is 1. The first-order valence-corrected chi connectivity index (χ1v) is 5.06. The van der Waals surface area contributed by atoms with Crippen molar-refractivity contribution in [1.82, 2.24) is 9.97 Å². The summed E-state index contributed by atoms with van der Waals surface area (Å²) in [6.07, 6.45) is 3.00. The normalized spacial score (nSPS) is 29.9. The van der Waals surface area contributed by atoms with Crippen LogP contribution in [0.3, 0.4) is 0 Å². The van der Waals surface area contributed by atoms with Crippen LogP contribution in [0.25, 0.3) is 0 Å². The van der Waals surface area contributed by atoms with E-state index in [1.807, 2.05) is 6.07 Å². The molecule has 2 aliphatic heterocycles. The van der Waals surface area contributed by atoms with Gasteiger partial charge in [0, 0.05) is 12.6 Å². The van der Waals surface area contributed by atoms with E-state index in [1.54, 1.807) is 0 Å². The number of aromatic nitrogens is 2. The van der Waals surface area contributed by atoms with E-state index in [-0.39, 0.29) is 0 Å². The van der Waals surface area contributed by atoms with Crippen molar-refractivity contribution >= 4 is 17.4 Å². The SMILES string of the molecule is Clc1cc(N2C[C@@H]3C[C@H]2CO3)ncn1. The lowest BCUT2D eigenvalue weighted by molar-refractivity contribution is 0.0989. The van der Waals surface area contributed by atoms with E-state index < -0.39 is 0 Å². The van der Waals surface area contributed by atoms with Gasteiger partial charge in [-0.05, 0) is 6.42 Å². The van der Waals surface area contributed by atoms with Crippen LogP contribution < -0.4 is 4.90 Å². The van der Waals surface area contributed by atoms with Crippen molar-refractivity contribution in [3.8, 4) is 0 Å². The summed E-state index contributed by atoms with van der Waals surface area (Å²) in [5.74, 6) is 0.917. The quantitative estimate of drug-likeness (QED) is 0.653. The second-order valence-corrected chi connectivity index (χ2v) is 4.08. The van der Waals surface area contributed by atoms with Crippen LogP contribution in [0.15, 0.2) is 12.4 Å². The number of anilines is 1. The van der Waals surface area contributed by atoms with E-state index in [2.05, 4.69) is 14.9 Å². The number of nitrogens with zero attached hydrogens (tertiary/aromatic N) is 3. The summed E-state index contributed by atoms with van der Waals surface area (Å²) in [6, 6.07) is 2.29. The van der Waals surface area contributed by atoms with E-state index in [4.69, 9.17) is 16.3 Å². The van der Waals surface area contributed by atoms with Gasteiger partial charge in [-0.15, -0.1) is 0 Å². The lowest BCUT2D eigenvalue weighted by atomic mass is 10.2. The Morgan fingerprint density at radius 3 is 3.07 bits per heavy atom. The molecule has 2 aliphatic rings. The Bertz CT molecular complexity index is 360. The summed E-state index contributed by atoms with van der Waals surface area (Å²) in [5.41, 5.74) is 0. The third-order valence-electron chi connectivity index (χ3n) is 2.81. The van der Waals surface area contributed by atoms with Crippen LogP contribution in [-0.2, 0) is 4.74 Å². The zero-order valence-electron chi connectivity index (χ0n) is 7.56. The highest BCUT2D eigenvalue weighted by atomic mass is 35.5. The van der Waals surface area contributed by atoms with E-state index in [0.29, 0.717) is 17.3 Å². The topological polar surface area (TPSA) is 38.2 Å². The first kappa shape index (κ1) is 8.44. The number of hydrogen-bond acceptors (Lipinski definition) is 4. The highest BCUT2D eigenvalue weighted by Crippen LogP contribution is 2.31. The van der Waals surface area contributed by atoms with Crippen LogP contribution in [-0.4, -0.2) is 35.3 Å². The first-order valence-electron chi connectivity index (χ1n) is 4.69. The molecule has 0 amide bonds. The van der Waals surface area contributed by atoms with Crippen molar-refractivity contribution in [3.63, 3.8) is 0 Å². The number of hydrogen-bond donors (Lipinski definition) is 0. The largest absolute Gasteiger partial charge is 0.374 e. The highest BCUT2D eigenvalue weighted by Gasteiger charge is 2.39. The van der Waals surface area contributed by atoms with E-state index in [1.165, 1.54) is 6.33 Å². The molecular weight excluding hydrogens is 202 g/mol. The van der Waals surface area contributed by atoms with Crippen molar-refractivity contribution in [2.75, 3.05) is 18.1 Å². The minimum Gasteiger partial charge on any atom is -0.374 e. The second kappa shape index (κ2) is 3.07. The minimum atomic E-state index is 0.383. The molecule has 3 heterocycles. The number of fused-ring (bicyclic) bond motifs is 2. The summed E-state index contributed by atoms with van der Waals surface area (Å²) in [4.78, 5) is 10.3. The lowest BCUT2D eigenvalue weighted by Crippen LogP contribution is -2.37. The van der Waals surface area contributed by atoms with Gasteiger partial charge >= 0.3 is 0 Å². The molecule has 2 bridgehead atoms. The average Bonchev–Trinajstić information content (AvgIpc) is 2.78. The van der Waals surface area contributed by atoms with Crippen molar-refractivity contribution in [1.29, 1.82) is 0 Å². The van der Waals surface area contributed by atoms with Crippen LogP contribution in [0.1, 0.15) is 6.42 Å². The molecule has 4 nitrogen and oxygen atoms in total. The molecule has 0 radical (unpaired) electrons. The van der Waals surface area contributed by atoms with Crippen LogP contribution in [0.4, 0.5) is 5.82 Å². The van der Waals surface area contributed by atoms with Crippen LogP contribution >= 0.6 is 11.6 Å². The smallest absolute Gasteiger partial charge is 0.134 e. The van der Waals surface area contributed by atoms with Crippen molar-refractivity contribution in [3.05, 3.63) is 17.5 Å². The van der Waals surface area contributed by atoms with Crippen molar-refractivity contribution < 1.29 is 4.74 Å². The van der Waals surface area contributed by atoms with Gasteiger partial charge in [0.25, 0.3) is 0 Å². The van der Waals surface area contributed by atoms with Gasteiger partial charge in [-0.2, -0.15) is 0 Å². The van der Waals surface area contributed by atoms with Crippen LogP contribution in [0.2, 0.25) is 5.15 Å². The van der Waals surface area contributed by atoms with Gasteiger partial charge < -0.3 is 9.64 Å². The van der Waals surface area contributed by atoms with Gasteiger partial charge in [0.1, 0.15) is 17.3 Å². The maximum Gasteiger partial charge on any atom is 0.134 e. The molecule has 0 N–H and O–H groups in total. The fourth-order valence-electron chi connectivity index (χ4n) is 2.16. The third-order valence-corrected chi connectivity index (χ3v) is 3.02. The zero-order chi connectivity index (χ0) is 9.54. The predicted octanol–water partition coefficient (Wildman–Crippen LogP) is 1.11. The zero-order valence-corrected chi connectivity index (χ0v) is 8.31. The molecule has 5 heteroatoms. The fourth-order valence-corrected chi connectivity index (χ4v) is 2.30. The maximum atomic E-state index is 5.82. The van der Waals surface area contributed by atoms with Crippen LogP contribution in [0.5, 0.6) is 0 Å². The summed E-state index contributed by atoms with van der Waals surface area (Å²) in [7, 11) is 0. The molecule has 14 heavy (non-hydrogen) atoms. The van der Waals surface area contributed by atoms with Gasteiger partial charge in [0.15, 0.2) is 0 Å². The molecule has 0 unspecified atom stereocenters. The van der Waals surface area contributed by atoms with E-state index >= 15 is 0 Å². The summed E-state index contributed by atoms with van der Waals surface area (Å²) in [5, 5.41) is 0.499. The number of halogens is 1. The molecule has 0 saturated carbocycles. The standard InChI is InChI=1S/C9H10ClN3O/c10-8-2-9(12-5-11-8)13-3-7-1-6(13)4-14-7/h2,5-7H,1,3-4H2/t6-,7-/m0/s1. The fraction of sp³-hybridized carbons (Fsp3) is 0.556. The Hall–Kier alpha value is -0.870.